The van der Waals surface area contributed by atoms with Gasteiger partial charge in [0.25, 0.3) is 0 Å². The average molecular weight is 265 g/mol. The third-order valence-electron chi connectivity index (χ3n) is 2.82. The van der Waals surface area contributed by atoms with Crippen molar-refractivity contribution in [2.75, 3.05) is 5.32 Å². The topological polar surface area (TPSA) is 75.0 Å². The molecule has 1 N–H and O–H groups in total. The first-order chi connectivity index (χ1) is 9.85. The molecular weight excluding hydrogens is 254 g/mol. The van der Waals surface area contributed by atoms with Crippen LogP contribution in [0.15, 0.2) is 57.8 Å². The van der Waals surface area contributed by atoms with Gasteiger partial charge >= 0.3 is 0 Å². The highest BCUT2D eigenvalue weighted by Gasteiger charge is 2.04. The van der Waals surface area contributed by atoms with Crippen LogP contribution in [0.1, 0.15) is 11.5 Å². The van der Waals surface area contributed by atoms with Gasteiger partial charge in [-0.05, 0) is 24.3 Å². The van der Waals surface area contributed by atoms with Gasteiger partial charge in [-0.1, -0.05) is 12.1 Å². The zero-order chi connectivity index (χ0) is 13.8. The number of hydrogen-bond acceptors (Lipinski definition) is 5. The van der Waals surface area contributed by atoms with Crippen molar-refractivity contribution in [1.29, 1.82) is 5.26 Å². The number of benzene rings is 1. The van der Waals surface area contributed by atoms with Crippen LogP contribution in [0.3, 0.4) is 0 Å². The molecule has 0 saturated heterocycles. The lowest BCUT2D eigenvalue weighted by Gasteiger charge is -2.05. The Hall–Kier alpha value is -3.00. The summed E-state index contributed by atoms with van der Waals surface area (Å²) in [7, 11) is 0. The van der Waals surface area contributed by atoms with Crippen LogP contribution < -0.4 is 5.32 Å². The number of furan rings is 1. The van der Waals surface area contributed by atoms with Gasteiger partial charge in [0.15, 0.2) is 12.2 Å². The van der Waals surface area contributed by atoms with Crippen molar-refractivity contribution in [3.05, 3.63) is 60.5 Å². The number of hydrogen-bond donors (Lipinski definition) is 1. The number of nitriles is 1. The molecule has 0 unspecified atom stereocenters. The monoisotopic (exact) mass is 265 g/mol. The van der Waals surface area contributed by atoms with E-state index in [1.807, 2.05) is 30.3 Å². The van der Waals surface area contributed by atoms with Gasteiger partial charge in [0, 0.05) is 11.3 Å². The highest BCUT2D eigenvalue weighted by molar-refractivity contribution is 5.63. The normalized spacial score (nSPS) is 10.2. The van der Waals surface area contributed by atoms with Crippen molar-refractivity contribution in [1.82, 2.24) is 4.98 Å². The van der Waals surface area contributed by atoms with Crippen molar-refractivity contribution in [3.63, 3.8) is 0 Å². The number of nitrogens with one attached hydrogen (secondary N) is 1. The Morgan fingerprint density at radius 2 is 2.20 bits per heavy atom. The summed E-state index contributed by atoms with van der Waals surface area (Å²) in [6.45, 7) is 0.515. The smallest absolute Gasteiger partial charge is 0.203 e. The number of rotatable bonds is 4. The Morgan fingerprint density at radius 3 is 2.95 bits per heavy atom. The summed E-state index contributed by atoms with van der Waals surface area (Å²) in [6, 6.07) is 13.2. The zero-order valence-electron chi connectivity index (χ0n) is 10.5. The SMILES string of the molecule is N#Cc1ccc(CNc2cccc(-c3cnco3)c2)o1. The van der Waals surface area contributed by atoms with Crippen molar-refractivity contribution >= 4 is 5.69 Å². The van der Waals surface area contributed by atoms with Crippen LogP contribution >= 0.6 is 0 Å². The number of oxazole rings is 1. The molecule has 0 aliphatic carbocycles. The van der Waals surface area contributed by atoms with Crippen molar-refractivity contribution < 1.29 is 8.83 Å². The van der Waals surface area contributed by atoms with Gasteiger partial charge in [-0.2, -0.15) is 5.26 Å². The van der Waals surface area contributed by atoms with E-state index in [0.29, 0.717) is 18.1 Å². The fourth-order valence-electron chi connectivity index (χ4n) is 1.86. The van der Waals surface area contributed by atoms with E-state index < -0.39 is 0 Å². The summed E-state index contributed by atoms with van der Waals surface area (Å²) >= 11 is 0. The van der Waals surface area contributed by atoms with E-state index in [9.17, 15) is 0 Å². The lowest BCUT2D eigenvalue weighted by Crippen LogP contribution is -1.97. The van der Waals surface area contributed by atoms with Gasteiger partial charge in [-0.15, -0.1) is 0 Å². The molecule has 5 heteroatoms. The van der Waals surface area contributed by atoms with E-state index >= 15 is 0 Å². The van der Waals surface area contributed by atoms with E-state index in [1.165, 1.54) is 6.39 Å². The molecule has 3 rings (SSSR count). The predicted octanol–water partition coefficient (Wildman–Crippen LogP) is 3.42. The maximum absolute atomic E-state index is 8.70. The fourth-order valence-corrected chi connectivity index (χ4v) is 1.86. The summed E-state index contributed by atoms with van der Waals surface area (Å²) in [5.41, 5.74) is 1.89. The molecule has 0 fully saturated rings. The van der Waals surface area contributed by atoms with Crippen LogP contribution in [0.5, 0.6) is 0 Å². The molecule has 0 radical (unpaired) electrons. The molecule has 2 heterocycles. The first kappa shape index (κ1) is 12.1. The van der Waals surface area contributed by atoms with Crippen LogP contribution in [-0.4, -0.2) is 4.98 Å². The molecule has 0 saturated carbocycles. The minimum Gasteiger partial charge on any atom is -0.449 e. The second kappa shape index (κ2) is 5.33. The highest BCUT2D eigenvalue weighted by atomic mass is 16.3. The van der Waals surface area contributed by atoms with E-state index in [0.717, 1.165) is 17.0 Å². The number of nitrogens with zero attached hydrogens (tertiary/aromatic N) is 2. The lowest BCUT2D eigenvalue weighted by atomic mass is 10.1. The van der Waals surface area contributed by atoms with Crippen LogP contribution in [0.25, 0.3) is 11.3 Å². The second-order valence-corrected chi connectivity index (χ2v) is 4.18. The summed E-state index contributed by atoms with van der Waals surface area (Å²) in [5.74, 6) is 1.75. The third kappa shape index (κ3) is 2.54. The molecule has 0 spiro atoms. The molecule has 0 aliphatic heterocycles. The van der Waals surface area contributed by atoms with Crippen LogP contribution in [0, 0.1) is 11.3 Å². The Labute approximate surface area is 115 Å². The largest absolute Gasteiger partial charge is 0.449 e. The quantitative estimate of drug-likeness (QED) is 0.782. The molecule has 0 amide bonds. The molecular formula is C15H11N3O2. The van der Waals surface area contributed by atoms with Crippen LogP contribution in [-0.2, 0) is 6.54 Å². The second-order valence-electron chi connectivity index (χ2n) is 4.18. The van der Waals surface area contributed by atoms with Gasteiger partial charge in [-0.3, -0.25) is 0 Å². The lowest BCUT2D eigenvalue weighted by molar-refractivity contribution is 0.506. The first-order valence-electron chi connectivity index (χ1n) is 6.07. The molecule has 1 aromatic carbocycles. The van der Waals surface area contributed by atoms with Crippen molar-refractivity contribution in [2.24, 2.45) is 0 Å². The van der Waals surface area contributed by atoms with E-state index in [4.69, 9.17) is 14.1 Å². The van der Waals surface area contributed by atoms with E-state index in [-0.39, 0.29) is 0 Å². The summed E-state index contributed by atoms with van der Waals surface area (Å²) in [5, 5.41) is 11.9. The third-order valence-corrected chi connectivity index (χ3v) is 2.82. The average Bonchev–Trinajstić information content (AvgIpc) is 3.17. The first-order valence-corrected chi connectivity index (χ1v) is 6.07. The van der Waals surface area contributed by atoms with Crippen LogP contribution in [0.2, 0.25) is 0 Å². The summed E-state index contributed by atoms with van der Waals surface area (Å²) in [4.78, 5) is 3.90. The number of anilines is 1. The van der Waals surface area contributed by atoms with Crippen LogP contribution in [0.4, 0.5) is 5.69 Å². The fraction of sp³-hybridized carbons (Fsp3) is 0.0667. The molecule has 2 aromatic heterocycles. The standard InChI is InChI=1S/C15H11N3O2/c16-7-13-4-5-14(20-13)8-18-12-3-1-2-11(6-12)15-9-17-10-19-15/h1-6,9-10,18H,8H2. The van der Waals surface area contributed by atoms with Gasteiger partial charge in [0.2, 0.25) is 5.76 Å². The van der Waals surface area contributed by atoms with E-state index in [1.54, 1.807) is 18.3 Å². The van der Waals surface area contributed by atoms with Gasteiger partial charge < -0.3 is 14.2 Å². The molecule has 0 aliphatic rings. The Balaban J connectivity index is 1.72. The minimum atomic E-state index is 0.317. The van der Waals surface area contributed by atoms with Crippen molar-refractivity contribution in [3.8, 4) is 17.4 Å². The highest BCUT2D eigenvalue weighted by Crippen LogP contribution is 2.22. The van der Waals surface area contributed by atoms with Crippen molar-refractivity contribution in [2.45, 2.75) is 6.54 Å². The maximum Gasteiger partial charge on any atom is 0.203 e. The molecule has 98 valence electrons. The Kier molecular flexibility index (Phi) is 3.21. The van der Waals surface area contributed by atoms with E-state index in [2.05, 4.69) is 10.3 Å². The minimum absolute atomic E-state index is 0.317. The molecule has 3 aromatic rings. The number of aromatic nitrogens is 1. The predicted molar refractivity (Wildman–Crippen MR) is 72.7 cm³/mol. The van der Waals surface area contributed by atoms with Gasteiger partial charge in [-0.25, -0.2) is 4.98 Å². The molecule has 20 heavy (non-hydrogen) atoms. The summed E-state index contributed by atoms with van der Waals surface area (Å²) < 4.78 is 10.6. The molecule has 0 bridgehead atoms. The summed E-state index contributed by atoms with van der Waals surface area (Å²) in [6.07, 6.45) is 3.08. The Morgan fingerprint density at radius 1 is 1.25 bits per heavy atom. The zero-order valence-corrected chi connectivity index (χ0v) is 10.5. The molecule has 0 atom stereocenters. The molecule has 5 nitrogen and oxygen atoms in total. The van der Waals surface area contributed by atoms with Gasteiger partial charge in [0.1, 0.15) is 11.8 Å². The maximum atomic E-state index is 8.70. The Bertz CT molecular complexity index is 739. The van der Waals surface area contributed by atoms with Gasteiger partial charge in [0.05, 0.1) is 12.7 Å².